The van der Waals surface area contributed by atoms with Crippen LogP contribution in [0.2, 0.25) is 0 Å². The fraction of sp³-hybridized carbons (Fsp3) is 0.533. The maximum Gasteiger partial charge on any atom is 0.262 e. The van der Waals surface area contributed by atoms with Crippen LogP contribution in [0.25, 0.3) is 11.1 Å². The van der Waals surface area contributed by atoms with E-state index >= 15 is 0 Å². The molecule has 0 bridgehead atoms. The van der Waals surface area contributed by atoms with Gasteiger partial charge in [-0.15, -0.1) is 0 Å². The standard InChI is InChI=1S/C15H19N3O3/c1-8-3-5-10(6-4-8)18-14(20)11-9(2)21-15-12(11)13(19)16-7-17-15/h7-8,10H,3-6H2,1-2H3,(H,18,20)(H,16,17,19). The van der Waals surface area contributed by atoms with Gasteiger partial charge in [0.2, 0.25) is 5.71 Å². The number of aromatic nitrogens is 2. The molecule has 6 nitrogen and oxygen atoms in total. The van der Waals surface area contributed by atoms with E-state index in [0.29, 0.717) is 11.3 Å². The molecule has 2 aromatic rings. The third-order valence-corrected chi connectivity index (χ3v) is 4.25. The Hall–Kier alpha value is -2.11. The smallest absolute Gasteiger partial charge is 0.262 e. The summed E-state index contributed by atoms with van der Waals surface area (Å²) in [6.07, 6.45) is 5.49. The van der Waals surface area contributed by atoms with Gasteiger partial charge < -0.3 is 14.7 Å². The highest BCUT2D eigenvalue weighted by atomic mass is 16.3. The number of amides is 1. The quantitative estimate of drug-likeness (QED) is 0.886. The van der Waals surface area contributed by atoms with Gasteiger partial charge in [-0.2, -0.15) is 0 Å². The zero-order valence-corrected chi connectivity index (χ0v) is 12.2. The summed E-state index contributed by atoms with van der Waals surface area (Å²) in [6.45, 7) is 3.91. The molecule has 1 saturated carbocycles. The minimum absolute atomic E-state index is 0.175. The van der Waals surface area contributed by atoms with Crippen molar-refractivity contribution in [3.8, 4) is 0 Å². The molecule has 1 aliphatic carbocycles. The molecular formula is C15H19N3O3. The second-order valence-electron chi connectivity index (χ2n) is 5.88. The number of nitrogens with zero attached hydrogens (tertiary/aromatic N) is 1. The lowest BCUT2D eigenvalue weighted by molar-refractivity contribution is 0.0923. The van der Waals surface area contributed by atoms with Crippen molar-refractivity contribution in [1.82, 2.24) is 15.3 Å². The number of fused-ring (bicyclic) bond motifs is 1. The van der Waals surface area contributed by atoms with Crippen LogP contribution >= 0.6 is 0 Å². The monoisotopic (exact) mass is 289 g/mol. The van der Waals surface area contributed by atoms with Crippen LogP contribution in [0.1, 0.15) is 48.7 Å². The van der Waals surface area contributed by atoms with Crippen molar-refractivity contribution >= 4 is 17.0 Å². The second kappa shape index (κ2) is 5.35. The Morgan fingerprint density at radius 2 is 2.10 bits per heavy atom. The van der Waals surface area contributed by atoms with Crippen LogP contribution < -0.4 is 10.9 Å². The van der Waals surface area contributed by atoms with Crippen LogP contribution in [0.3, 0.4) is 0 Å². The number of rotatable bonds is 2. The van der Waals surface area contributed by atoms with Crippen molar-refractivity contribution in [3.05, 3.63) is 28.0 Å². The molecule has 0 aliphatic heterocycles. The van der Waals surface area contributed by atoms with Gasteiger partial charge in [-0.3, -0.25) is 9.59 Å². The van der Waals surface area contributed by atoms with Crippen LogP contribution in [-0.2, 0) is 0 Å². The van der Waals surface area contributed by atoms with Crippen molar-refractivity contribution in [2.75, 3.05) is 0 Å². The van der Waals surface area contributed by atoms with Gasteiger partial charge in [0.15, 0.2) is 0 Å². The first-order chi connectivity index (χ1) is 10.1. The van der Waals surface area contributed by atoms with Crippen LogP contribution in [0, 0.1) is 12.8 Å². The van der Waals surface area contributed by atoms with E-state index in [2.05, 4.69) is 22.2 Å². The predicted molar refractivity (Wildman–Crippen MR) is 78.3 cm³/mol. The number of hydrogen-bond acceptors (Lipinski definition) is 4. The lowest BCUT2D eigenvalue weighted by Crippen LogP contribution is -2.37. The van der Waals surface area contributed by atoms with E-state index in [1.165, 1.54) is 6.33 Å². The summed E-state index contributed by atoms with van der Waals surface area (Å²) in [7, 11) is 0. The highest BCUT2D eigenvalue weighted by molar-refractivity contribution is 6.06. The molecule has 1 amide bonds. The predicted octanol–water partition coefficient (Wildman–Crippen LogP) is 2.13. The fourth-order valence-electron chi connectivity index (χ4n) is 2.99. The molecule has 6 heteroatoms. The summed E-state index contributed by atoms with van der Waals surface area (Å²) in [6, 6.07) is 0.175. The number of H-pyrrole nitrogens is 1. The molecule has 0 saturated heterocycles. The fourth-order valence-corrected chi connectivity index (χ4v) is 2.99. The Morgan fingerprint density at radius 3 is 2.81 bits per heavy atom. The van der Waals surface area contributed by atoms with Gasteiger partial charge in [0.25, 0.3) is 11.5 Å². The van der Waals surface area contributed by atoms with E-state index in [-0.39, 0.29) is 28.6 Å². The maximum absolute atomic E-state index is 12.5. The number of carbonyl (C=O) groups is 1. The van der Waals surface area contributed by atoms with E-state index in [1.54, 1.807) is 6.92 Å². The largest absolute Gasteiger partial charge is 0.442 e. The molecule has 0 unspecified atom stereocenters. The minimum atomic E-state index is -0.348. The van der Waals surface area contributed by atoms with E-state index in [0.717, 1.165) is 31.6 Å². The first kappa shape index (κ1) is 13.9. The average Bonchev–Trinajstić information content (AvgIpc) is 2.79. The van der Waals surface area contributed by atoms with Crippen LogP contribution in [0.5, 0.6) is 0 Å². The summed E-state index contributed by atoms with van der Waals surface area (Å²) in [5.74, 6) is 0.905. The summed E-state index contributed by atoms with van der Waals surface area (Å²) < 4.78 is 5.42. The lowest BCUT2D eigenvalue weighted by atomic mass is 9.87. The van der Waals surface area contributed by atoms with E-state index in [9.17, 15) is 9.59 Å². The molecule has 2 N–H and O–H groups in total. The Bertz CT molecular complexity index is 723. The first-order valence-electron chi connectivity index (χ1n) is 7.34. The highest BCUT2D eigenvalue weighted by Crippen LogP contribution is 2.25. The van der Waals surface area contributed by atoms with Crippen molar-refractivity contribution in [2.45, 2.75) is 45.6 Å². The van der Waals surface area contributed by atoms with Gasteiger partial charge in [-0.05, 0) is 38.5 Å². The number of hydrogen-bond donors (Lipinski definition) is 2. The summed E-state index contributed by atoms with van der Waals surface area (Å²) in [4.78, 5) is 30.9. The minimum Gasteiger partial charge on any atom is -0.442 e. The van der Waals surface area contributed by atoms with Gasteiger partial charge in [0.05, 0.1) is 11.9 Å². The lowest BCUT2D eigenvalue weighted by Gasteiger charge is -2.26. The summed E-state index contributed by atoms with van der Waals surface area (Å²) >= 11 is 0. The van der Waals surface area contributed by atoms with Gasteiger partial charge >= 0.3 is 0 Å². The van der Waals surface area contributed by atoms with E-state index in [4.69, 9.17) is 4.42 Å². The average molecular weight is 289 g/mol. The van der Waals surface area contributed by atoms with Crippen molar-refractivity contribution in [3.63, 3.8) is 0 Å². The number of aryl methyl sites for hydroxylation is 1. The molecule has 2 aromatic heterocycles. The third kappa shape index (κ3) is 2.57. The van der Waals surface area contributed by atoms with Crippen molar-refractivity contribution in [2.24, 2.45) is 5.92 Å². The van der Waals surface area contributed by atoms with E-state index < -0.39 is 0 Å². The van der Waals surface area contributed by atoms with Gasteiger partial charge in [0.1, 0.15) is 11.1 Å². The Morgan fingerprint density at radius 1 is 1.38 bits per heavy atom. The number of furan rings is 1. The SMILES string of the molecule is Cc1oc2nc[nH]c(=O)c2c1C(=O)NC1CCC(C)CC1. The van der Waals surface area contributed by atoms with E-state index in [1.807, 2.05) is 0 Å². The first-order valence-corrected chi connectivity index (χ1v) is 7.34. The van der Waals surface area contributed by atoms with Crippen LogP contribution in [-0.4, -0.2) is 21.9 Å². The zero-order chi connectivity index (χ0) is 15.0. The molecule has 3 rings (SSSR count). The second-order valence-corrected chi connectivity index (χ2v) is 5.88. The zero-order valence-electron chi connectivity index (χ0n) is 12.2. The Labute approximate surface area is 121 Å². The van der Waals surface area contributed by atoms with Crippen molar-refractivity contribution in [1.29, 1.82) is 0 Å². The van der Waals surface area contributed by atoms with Crippen LogP contribution in [0.4, 0.5) is 0 Å². The number of carbonyl (C=O) groups excluding carboxylic acids is 1. The maximum atomic E-state index is 12.5. The molecule has 0 radical (unpaired) electrons. The third-order valence-electron chi connectivity index (χ3n) is 4.25. The van der Waals surface area contributed by atoms with Crippen LogP contribution in [0.15, 0.2) is 15.5 Å². The Balaban J connectivity index is 1.88. The molecule has 1 aliphatic rings. The molecule has 0 spiro atoms. The topological polar surface area (TPSA) is 88.0 Å². The highest BCUT2D eigenvalue weighted by Gasteiger charge is 2.25. The molecule has 0 aromatic carbocycles. The molecular weight excluding hydrogens is 270 g/mol. The molecule has 1 fully saturated rings. The summed E-state index contributed by atoms with van der Waals surface area (Å²) in [5.41, 5.74) is 0.163. The molecule has 112 valence electrons. The van der Waals surface area contributed by atoms with Gasteiger partial charge in [-0.25, -0.2) is 4.98 Å². The molecule has 0 atom stereocenters. The number of nitrogens with one attached hydrogen (secondary N) is 2. The Kier molecular flexibility index (Phi) is 3.53. The normalized spacial score (nSPS) is 22.4. The van der Waals surface area contributed by atoms with Gasteiger partial charge in [-0.1, -0.05) is 6.92 Å². The molecule has 21 heavy (non-hydrogen) atoms. The molecule has 2 heterocycles. The van der Waals surface area contributed by atoms with Crippen molar-refractivity contribution < 1.29 is 9.21 Å². The summed E-state index contributed by atoms with van der Waals surface area (Å²) in [5, 5.41) is 3.26. The number of aromatic amines is 1. The van der Waals surface area contributed by atoms with Gasteiger partial charge in [0, 0.05) is 6.04 Å².